The Kier molecular flexibility index (Phi) is 7.03. The predicted octanol–water partition coefficient (Wildman–Crippen LogP) is 6.46. The van der Waals surface area contributed by atoms with Crippen molar-refractivity contribution in [2.24, 2.45) is 5.92 Å². The molecule has 0 saturated heterocycles. The summed E-state index contributed by atoms with van der Waals surface area (Å²) in [6, 6.07) is 25.6. The van der Waals surface area contributed by atoms with Crippen molar-refractivity contribution in [3.8, 4) is 0 Å². The van der Waals surface area contributed by atoms with Crippen LogP contribution >= 0.6 is 0 Å². The zero-order valence-corrected chi connectivity index (χ0v) is 20.5. The summed E-state index contributed by atoms with van der Waals surface area (Å²) in [6.07, 6.45) is 5.68. The van der Waals surface area contributed by atoms with E-state index in [0.717, 1.165) is 40.9 Å². The maximum absolute atomic E-state index is 14.2. The summed E-state index contributed by atoms with van der Waals surface area (Å²) in [7, 11) is 0. The van der Waals surface area contributed by atoms with E-state index in [0.29, 0.717) is 19.0 Å². The number of rotatable bonds is 6. The van der Waals surface area contributed by atoms with Gasteiger partial charge in [-0.05, 0) is 47.6 Å². The normalized spacial score (nSPS) is 17.8. The Morgan fingerprint density at radius 1 is 0.889 bits per heavy atom. The van der Waals surface area contributed by atoms with Crippen LogP contribution in [0.15, 0.2) is 78.9 Å². The van der Waals surface area contributed by atoms with Gasteiger partial charge in [0.2, 0.25) is 0 Å². The summed E-state index contributed by atoms with van der Waals surface area (Å²) in [5.41, 5.74) is 4.63. The lowest BCUT2D eigenvalue weighted by Crippen LogP contribution is -2.55. The van der Waals surface area contributed by atoms with Gasteiger partial charge in [0.05, 0.1) is 11.4 Å². The van der Waals surface area contributed by atoms with Gasteiger partial charge in [0.1, 0.15) is 6.61 Å². The molecule has 2 aliphatic rings. The van der Waals surface area contributed by atoms with E-state index in [9.17, 15) is 9.59 Å². The summed E-state index contributed by atoms with van der Waals surface area (Å²) in [4.78, 5) is 30.3. The summed E-state index contributed by atoms with van der Waals surface area (Å²) < 4.78 is 5.35. The van der Waals surface area contributed by atoms with E-state index < -0.39 is 6.09 Å². The monoisotopic (exact) mass is 481 g/mol. The smallest absolute Gasteiger partial charge is 0.407 e. The molecule has 1 N–H and O–H groups in total. The molecule has 0 spiro atoms. The van der Waals surface area contributed by atoms with Gasteiger partial charge in [0, 0.05) is 19.1 Å². The Bertz CT molecular complexity index is 1210. The number of carbonyl (C=O) groups excluding carboxylic acids is 2. The molecule has 1 aliphatic carbocycles. The fraction of sp³-hybridized carbons (Fsp3) is 0.267. The molecular weight excluding hydrogens is 450 g/mol. The molecule has 2 atom stereocenters. The first-order chi connectivity index (χ1) is 17.6. The van der Waals surface area contributed by atoms with Gasteiger partial charge < -0.3 is 15.0 Å². The van der Waals surface area contributed by atoms with Gasteiger partial charge in [0.25, 0.3) is 0 Å². The van der Waals surface area contributed by atoms with E-state index in [-0.39, 0.29) is 18.7 Å². The minimum absolute atomic E-state index is 0.0744. The first kappa shape index (κ1) is 23.7. The average molecular weight is 482 g/mol. The number of benzene rings is 3. The highest BCUT2D eigenvalue weighted by Gasteiger charge is 2.38. The molecule has 1 aliphatic heterocycles. The number of carbonyl (C=O) groups is 2. The van der Waals surface area contributed by atoms with E-state index in [1.54, 1.807) is 0 Å². The second-order valence-corrected chi connectivity index (χ2v) is 9.37. The van der Waals surface area contributed by atoms with Crippen molar-refractivity contribution in [2.75, 3.05) is 18.0 Å². The molecule has 36 heavy (non-hydrogen) atoms. The molecule has 0 aromatic heterocycles. The molecule has 1 saturated carbocycles. The van der Waals surface area contributed by atoms with Crippen molar-refractivity contribution >= 4 is 35.7 Å². The molecule has 3 aromatic carbocycles. The average Bonchev–Trinajstić information content (AvgIpc) is 3.07. The van der Waals surface area contributed by atoms with Gasteiger partial charge in [-0.3, -0.25) is 4.90 Å². The summed E-state index contributed by atoms with van der Waals surface area (Å²) in [5.74, 6) is 0.412. The van der Waals surface area contributed by atoms with Crippen molar-refractivity contribution in [2.45, 2.75) is 32.4 Å². The maximum Gasteiger partial charge on any atom is 0.407 e. The van der Waals surface area contributed by atoms with Crippen molar-refractivity contribution in [1.29, 1.82) is 0 Å². The molecule has 6 nitrogen and oxygen atoms in total. The Hall–Kier alpha value is -4.06. The van der Waals surface area contributed by atoms with Gasteiger partial charge in [-0.2, -0.15) is 0 Å². The quantitative estimate of drug-likeness (QED) is 0.440. The predicted molar refractivity (Wildman–Crippen MR) is 143 cm³/mol. The van der Waals surface area contributed by atoms with E-state index >= 15 is 0 Å². The van der Waals surface area contributed by atoms with Crippen molar-refractivity contribution in [3.63, 3.8) is 0 Å². The summed E-state index contributed by atoms with van der Waals surface area (Å²) >= 11 is 0. The Morgan fingerprint density at radius 3 is 2.08 bits per heavy atom. The number of alkyl carbamates (subject to hydrolysis) is 1. The molecule has 0 bridgehead atoms. The van der Waals surface area contributed by atoms with Crippen LogP contribution in [-0.2, 0) is 11.3 Å². The van der Waals surface area contributed by atoms with Crippen LogP contribution in [0.3, 0.4) is 0 Å². The van der Waals surface area contributed by atoms with Gasteiger partial charge >= 0.3 is 12.1 Å². The van der Waals surface area contributed by atoms with Crippen LogP contribution in [0.1, 0.15) is 36.5 Å². The number of fused-ring (bicyclic) bond motifs is 2. The molecule has 184 valence electrons. The van der Waals surface area contributed by atoms with Gasteiger partial charge in [-0.25, -0.2) is 9.59 Å². The van der Waals surface area contributed by atoms with Crippen LogP contribution in [0, 0.1) is 5.92 Å². The number of hydrogen-bond acceptors (Lipinski definition) is 3. The first-order valence-corrected chi connectivity index (χ1v) is 12.5. The van der Waals surface area contributed by atoms with Crippen LogP contribution in [0.4, 0.5) is 21.0 Å². The second-order valence-electron chi connectivity index (χ2n) is 9.37. The van der Waals surface area contributed by atoms with Crippen LogP contribution in [-0.4, -0.2) is 36.2 Å². The van der Waals surface area contributed by atoms with Gasteiger partial charge in [-0.15, -0.1) is 0 Å². The summed E-state index contributed by atoms with van der Waals surface area (Å²) in [6.45, 7) is 3.12. The molecule has 6 heteroatoms. The molecule has 5 rings (SSSR count). The number of nitrogens with one attached hydrogen (secondary N) is 1. The standard InChI is InChI=1S/C30H31N3O3/c1-22-15-18-26(22)32(20-19-31-29(34)36-21-23-9-3-2-4-10-23)30(35)33-27-13-7-5-11-24(27)16-17-25-12-6-8-14-28(25)33/h2-14,16-17,22,26H,15,18-21H2,1H3,(H,31,34)/t22?,26-/m0/s1. The van der Waals surface area contributed by atoms with Gasteiger partial charge in [0.15, 0.2) is 0 Å². The minimum Gasteiger partial charge on any atom is -0.445 e. The van der Waals surface area contributed by atoms with Crippen molar-refractivity contribution in [3.05, 3.63) is 95.6 Å². The topological polar surface area (TPSA) is 61.9 Å². The third kappa shape index (κ3) is 4.98. The Morgan fingerprint density at radius 2 is 1.50 bits per heavy atom. The highest BCUT2D eigenvalue weighted by atomic mass is 16.5. The van der Waals surface area contributed by atoms with Crippen LogP contribution in [0.25, 0.3) is 12.2 Å². The highest BCUT2D eigenvalue weighted by Crippen LogP contribution is 2.39. The second kappa shape index (κ2) is 10.7. The Labute approximate surface area is 212 Å². The molecule has 1 unspecified atom stereocenters. The van der Waals surface area contributed by atoms with Crippen LogP contribution < -0.4 is 10.2 Å². The number of amides is 3. The SMILES string of the molecule is CC1CC[C@@H]1N(CCNC(=O)OCc1ccccc1)C(=O)N1c2ccccc2C=Cc2ccccc21. The van der Waals surface area contributed by atoms with E-state index in [4.69, 9.17) is 4.74 Å². The van der Waals surface area contributed by atoms with Crippen LogP contribution in [0.5, 0.6) is 0 Å². The molecular formula is C30H31N3O3. The van der Waals surface area contributed by atoms with Crippen molar-refractivity contribution in [1.82, 2.24) is 10.2 Å². The molecule has 3 aromatic rings. The molecule has 1 heterocycles. The maximum atomic E-state index is 14.2. The van der Waals surface area contributed by atoms with E-state index in [1.807, 2.05) is 88.7 Å². The fourth-order valence-electron chi connectivity index (χ4n) is 4.88. The van der Waals surface area contributed by atoms with Crippen LogP contribution in [0.2, 0.25) is 0 Å². The summed E-state index contributed by atoms with van der Waals surface area (Å²) in [5, 5.41) is 2.82. The van der Waals surface area contributed by atoms with Crippen molar-refractivity contribution < 1.29 is 14.3 Å². The molecule has 0 radical (unpaired) electrons. The third-order valence-corrected chi connectivity index (χ3v) is 7.04. The van der Waals surface area contributed by atoms with Gasteiger partial charge in [-0.1, -0.05) is 85.8 Å². The number of urea groups is 1. The number of ether oxygens (including phenoxy) is 1. The number of hydrogen-bond donors (Lipinski definition) is 1. The largest absolute Gasteiger partial charge is 0.445 e. The zero-order chi connectivity index (χ0) is 24.9. The lowest BCUT2D eigenvalue weighted by atomic mass is 9.80. The lowest BCUT2D eigenvalue weighted by Gasteiger charge is -2.44. The third-order valence-electron chi connectivity index (χ3n) is 7.04. The minimum atomic E-state index is -0.484. The lowest BCUT2D eigenvalue weighted by molar-refractivity contribution is 0.0971. The number of anilines is 2. The highest BCUT2D eigenvalue weighted by molar-refractivity contribution is 6.05. The fourth-order valence-corrected chi connectivity index (χ4v) is 4.88. The Balaban J connectivity index is 1.33. The molecule has 3 amide bonds. The first-order valence-electron chi connectivity index (χ1n) is 12.5. The molecule has 1 fully saturated rings. The zero-order valence-electron chi connectivity index (χ0n) is 20.5. The van der Waals surface area contributed by atoms with E-state index in [2.05, 4.69) is 24.4 Å². The van der Waals surface area contributed by atoms with E-state index in [1.165, 1.54) is 0 Å². The number of para-hydroxylation sites is 2. The number of nitrogens with zero attached hydrogens (tertiary/aromatic N) is 2.